The fourth-order valence-corrected chi connectivity index (χ4v) is 3.95. The van der Waals surface area contributed by atoms with E-state index in [9.17, 15) is 23.3 Å². The molecule has 1 amide bonds. The Morgan fingerprint density at radius 3 is 2.31 bits per heavy atom. The predicted molar refractivity (Wildman–Crippen MR) is 120 cm³/mol. The lowest BCUT2D eigenvalue weighted by Gasteiger charge is -2.12. The molecule has 3 aromatic carbocycles. The number of nitrogens with one attached hydrogen (secondary N) is 2. The summed E-state index contributed by atoms with van der Waals surface area (Å²) in [6.45, 7) is 0.282. The average molecular weight is 476 g/mol. The minimum absolute atomic E-state index is 0.0773. The van der Waals surface area contributed by atoms with Crippen molar-refractivity contribution < 1.29 is 22.9 Å². The van der Waals surface area contributed by atoms with Crippen molar-refractivity contribution >= 4 is 38.9 Å². The summed E-state index contributed by atoms with van der Waals surface area (Å²) < 4.78 is 32.8. The van der Waals surface area contributed by atoms with Crippen LogP contribution in [0.5, 0.6) is 5.75 Å². The smallest absolute Gasteiger partial charge is 0.271 e. The van der Waals surface area contributed by atoms with Crippen LogP contribution in [0, 0.1) is 10.1 Å². The number of ether oxygens (including phenoxy) is 1. The molecule has 32 heavy (non-hydrogen) atoms. The Labute approximate surface area is 189 Å². The van der Waals surface area contributed by atoms with Gasteiger partial charge in [-0.25, -0.2) is 8.42 Å². The van der Waals surface area contributed by atoms with Crippen LogP contribution in [-0.4, -0.2) is 26.4 Å². The molecule has 3 aromatic rings. The van der Waals surface area contributed by atoms with Gasteiger partial charge in [-0.2, -0.15) is 0 Å². The molecule has 0 atom stereocenters. The van der Waals surface area contributed by atoms with Crippen molar-refractivity contribution in [2.75, 3.05) is 11.8 Å². The second-order valence-corrected chi connectivity index (χ2v) is 8.70. The number of methoxy groups -OCH3 is 1. The largest absolute Gasteiger partial charge is 0.495 e. The van der Waals surface area contributed by atoms with Crippen molar-refractivity contribution in [3.63, 3.8) is 0 Å². The van der Waals surface area contributed by atoms with Gasteiger partial charge in [-0.15, -0.1) is 0 Å². The number of sulfonamides is 1. The van der Waals surface area contributed by atoms with Crippen molar-refractivity contribution in [1.82, 2.24) is 5.32 Å². The highest BCUT2D eigenvalue weighted by Gasteiger charge is 2.20. The van der Waals surface area contributed by atoms with Gasteiger partial charge in [0.2, 0.25) is 0 Å². The van der Waals surface area contributed by atoms with Crippen molar-refractivity contribution in [2.45, 2.75) is 11.4 Å². The molecule has 9 nitrogen and oxygen atoms in total. The lowest BCUT2D eigenvalue weighted by Crippen LogP contribution is -2.23. The molecule has 0 aliphatic heterocycles. The fourth-order valence-electron chi connectivity index (χ4n) is 2.77. The topological polar surface area (TPSA) is 128 Å². The highest BCUT2D eigenvalue weighted by molar-refractivity contribution is 7.92. The number of rotatable bonds is 8. The molecule has 0 heterocycles. The Morgan fingerprint density at radius 2 is 1.72 bits per heavy atom. The number of nitro groups is 1. The SMILES string of the molecule is COc1ccc([N+](=O)[O-])cc1NS(=O)(=O)c1ccc(C(=O)NCc2ccc(Cl)cc2)cc1. The Kier molecular flexibility index (Phi) is 6.96. The van der Waals surface area contributed by atoms with E-state index in [1.807, 2.05) is 0 Å². The monoisotopic (exact) mass is 475 g/mol. The summed E-state index contributed by atoms with van der Waals surface area (Å²) in [5.74, 6) is -0.255. The minimum Gasteiger partial charge on any atom is -0.495 e. The van der Waals surface area contributed by atoms with Gasteiger partial charge >= 0.3 is 0 Å². The third-order valence-corrected chi connectivity index (χ3v) is 6.06. The van der Waals surface area contributed by atoms with Crippen LogP contribution in [0.3, 0.4) is 0 Å². The van der Waals surface area contributed by atoms with Crippen LogP contribution in [0.15, 0.2) is 71.6 Å². The van der Waals surface area contributed by atoms with Crippen LogP contribution >= 0.6 is 11.6 Å². The normalized spacial score (nSPS) is 10.9. The lowest BCUT2D eigenvalue weighted by atomic mass is 10.2. The summed E-state index contributed by atoms with van der Waals surface area (Å²) in [6.07, 6.45) is 0. The van der Waals surface area contributed by atoms with Crippen LogP contribution < -0.4 is 14.8 Å². The van der Waals surface area contributed by atoms with Gasteiger partial charge in [0.25, 0.3) is 21.6 Å². The molecule has 2 N–H and O–H groups in total. The summed E-state index contributed by atoms with van der Waals surface area (Å²) in [5.41, 5.74) is 0.755. The molecular formula is C21H18ClN3O6S. The third-order valence-electron chi connectivity index (χ3n) is 4.43. The number of hydrogen-bond acceptors (Lipinski definition) is 6. The second kappa shape index (κ2) is 9.67. The predicted octanol–water partition coefficient (Wildman–Crippen LogP) is 3.99. The molecule has 0 saturated heterocycles. The van der Waals surface area contributed by atoms with E-state index in [4.69, 9.17) is 16.3 Å². The molecule has 0 aliphatic carbocycles. The van der Waals surface area contributed by atoms with Crippen LogP contribution in [0.2, 0.25) is 5.02 Å². The van der Waals surface area contributed by atoms with E-state index >= 15 is 0 Å². The van der Waals surface area contributed by atoms with E-state index in [2.05, 4.69) is 10.0 Å². The van der Waals surface area contributed by atoms with Crippen LogP contribution in [-0.2, 0) is 16.6 Å². The summed E-state index contributed by atoms with van der Waals surface area (Å²) in [7, 11) is -2.77. The van der Waals surface area contributed by atoms with Gasteiger partial charge in [-0.1, -0.05) is 23.7 Å². The van der Waals surface area contributed by atoms with Crippen LogP contribution in [0.25, 0.3) is 0 Å². The Morgan fingerprint density at radius 1 is 1.06 bits per heavy atom. The number of nitro benzene ring substituents is 1. The van der Waals surface area contributed by atoms with Gasteiger partial charge in [0.05, 0.1) is 22.6 Å². The van der Waals surface area contributed by atoms with E-state index in [1.54, 1.807) is 24.3 Å². The first-order valence-corrected chi connectivity index (χ1v) is 11.0. The highest BCUT2D eigenvalue weighted by Crippen LogP contribution is 2.30. The average Bonchev–Trinajstić information content (AvgIpc) is 2.78. The summed E-state index contributed by atoms with van der Waals surface area (Å²) in [4.78, 5) is 22.6. The van der Waals surface area contributed by atoms with Crippen molar-refractivity contribution in [3.8, 4) is 5.75 Å². The van der Waals surface area contributed by atoms with Crippen molar-refractivity contribution in [3.05, 3.63) is 93.0 Å². The molecule has 166 valence electrons. The maximum absolute atomic E-state index is 12.7. The first-order valence-electron chi connectivity index (χ1n) is 9.17. The van der Waals surface area contributed by atoms with Gasteiger partial charge in [0.1, 0.15) is 5.75 Å². The van der Waals surface area contributed by atoms with E-state index in [-0.39, 0.29) is 40.0 Å². The van der Waals surface area contributed by atoms with Gasteiger partial charge in [-0.05, 0) is 48.0 Å². The van der Waals surface area contributed by atoms with E-state index < -0.39 is 14.9 Å². The maximum Gasteiger partial charge on any atom is 0.271 e. The van der Waals surface area contributed by atoms with Crippen LogP contribution in [0.1, 0.15) is 15.9 Å². The molecule has 0 radical (unpaired) electrons. The minimum atomic E-state index is -4.09. The standard InChI is InChI=1S/C21H18ClN3O6S/c1-31-20-11-8-17(25(27)28)12-19(20)24-32(29,30)18-9-4-15(5-10-18)21(26)23-13-14-2-6-16(22)7-3-14/h2-12,24H,13H2,1H3,(H,23,26). The van der Waals surface area contributed by atoms with Gasteiger partial charge < -0.3 is 10.1 Å². The first-order chi connectivity index (χ1) is 15.2. The van der Waals surface area contributed by atoms with E-state index in [0.717, 1.165) is 11.6 Å². The zero-order chi connectivity index (χ0) is 23.3. The second-order valence-electron chi connectivity index (χ2n) is 6.58. The molecule has 0 aliphatic rings. The number of nitrogens with zero attached hydrogens (tertiary/aromatic N) is 1. The molecule has 0 fully saturated rings. The number of carbonyl (C=O) groups excluding carboxylic acids is 1. The summed E-state index contributed by atoms with van der Waals surface area (Å²) in [6, 6.07) is 15.8. The lowest BCUT2D eigenvalue weighted by molar-refractivity contribution is -0.384. The molecule has 11 heteroatoms. The molecule has 0 aromatic heterocycles. The van der Waals surface area contributed by atoms with E-state index in [0.29, 0.717) is 5.02 Å². The van der Waals surface area contributed by atoms with Crippen LogP contribution in [0.4, 0.5) is 11.4 Å². The Hall–Kier alpha value is -3.63. The molecule has 0 bridgehead atoms. The molecule has 0 spiro atoms. The summed E-state index contributed by atoms with van der Waals surface area (Å²) in [5, 5.41) is 14.3. The number of non-ortho nitro benzene ring substituents is 1. The Bertz CT molecular complexity index is 1250. The zero-order valence-corrected chi connectivity index (χ0v) is 18.3. The van der Waals surface area contributed by atoms with Crippen molar-refractivity contribution in [2.24, 2.45) is 0 Å². The molecule has 0 unspecified atom stereocenters. The van der Waals surface area contributed by atoms with Gasteiger partial charge in [0, 0.05) is 29.3 Å². The Balaban J connectivity index is 1.73. The number of carbonyl (C=O) groups is 1. The maximum atomic E-state index is 12.7. The highest BCUT2D eigenvalue weighted by atomic mass is 35.5. The number of benzene rings is 3. The summed E-state index contributed by atoms with van der Waals surface area (Å²) >= 11 is 5.83. The number of halogens is 1. The molecule has 0 saturated carbocycles. The zero-order valence-electron chi connectivity index (χ0n) is 16.7. The number of anilines is 1. The fraction of sp³-hybridized carbons (Fsp3) is 0.0952. The van der Waals surface area contributed by atoms with Gasteiger partial charge in [0.15, 0.2) is 0 Å². The van der Waals surface area contributed by atoms with Gasteiger partial charge in [-0.3, -0.25) is 19.6 Å². The van der Waals surface area contributed by atoms with E-state index in [1.165, 1.54) is 43.5 Å². The third kappa shape index (κ3) is 5.54. The van der Waals surface area contributed by atoms with Crippen molar-refractivity contribution in [1.29, 1.82) is 0 Å². The quantitative estimate of drug-likeness (QED) is 0.374. The first kappa shape index (κ1) is 23.0. The number of hydrogen-bond donors (Lipinski definition) is 2. The number of amides is 1. The molecular weight excluding hydrogens is 458 g/mol. The molecule has 3 rings (SSSR count).